The molecule has 1 saturated carbocycles. The molecule has 0 aromatic carbocycles. The molecular formula is C13H18F3N3. The average molecular weight is 273 g/mol. The van der Waals surface area contributed by atoms with Gasteiger partial charge in [-0.1, -0.05) is 13.8 Å². The molecule has 1 aromatic rings. The molecule has 0 radical (unpaired) electrons. The number of aromatic nitrogens is 2. The van der Waals surface area contributed by atoms with Crippen LogP contribution in [0.15, 0.2) is 12.1 Å². The Morgan fingerprint density at radius 2 is 1.68 bits per heavy atom. The third-order valence-electron chi connectivity index (χ3n) is 3.49. The molecule has 6 heteroatoms. The van der Waals surface area contributed by atoms with Crippen molar-refractivity contribution in [1.82, 2.24) is 10.2 Å². The molecule has 1 fully saturated rings. The fraction of sp³-hybridized carbons (Fsp3) is 0.692. The second kappa shape index (κ2) is 5.35. The van der Waals surface area contributed by atoms with Gasteiger partial charge in [0.1, 0.15) is 5.82 Å². The van der Waals surface area contributed by atoms with Gasteiger partial charge in [0.25, 0.3) is 0 Å². The lowest BCUT2D eigenvalue weighted by Gasteiger charge is -2.32. The predicted octanol–water partition coefficient (Wildman–Crippen LogP) is 3.73. The van der Waals surface area contributed by atoms with Crippen molar-refractivity contribution in [2.24, 2.45) is 11.8 Å². The van der Waals surface area contributed by atoms with Gasteiger partial charge in [0, 0.05) is 6.04 Å². The van der Waals surface area contributed by atoms with Gasteiger partial charge in [-0.15, -0.1) is 10.2 Å². The first-order valence-electron chi connectivity index (χ1n) is 6.52. The van der Waals surface area contributed by atoms with E-state index in [2.05, 4.69) is 29.4 Å². The van der Waals surface area contributed by atoms with Crippen LogP contribution >= 0.6 is 0 Å². The topological polar surface area (TPSA) is 37.8 Å². The van der Waals surface area contributed by atoms with Gasteiger partial charge >= 0.3 is 6.18 Å². The van der Waals surface area contributed by atoms with E-state index in [9.17, 15) is 13.2 Å². The zero-order valence-corrected chi connectivity index (χ0v) is 11.0. The van der Waals surface area contributed by atoms with Crippen LogP contribution in [0, 0.1) is 11.8 Å². The molecule has 1 heterocycles. The molecule has 1 aromatic heterocycles. The number of hydrogen-bond donors (Lipinski definition) is 1. The number of anilines is 1. The lowest BCUT2D eigenvalue weighted by molar-refractivity contribution is -0.141. The first-order chi connectivity index (χ1) is 8.84. The van der Waals surface area contributed by atoms with Crippen LogP contribution in [-0.2, 0) is 6.18 Å². The molecule has 3 nitrogen and oxygen atoms in total. The van der Waals surface area contributed by atoms with Crippen LogP contribution in [0.1, 0.15) is 38.8 Å². The highest BCUT2D eigenvalue weighted by Gasteiger charge is 2.33. The van der Waals surface area contributed by atoms with Gasteiger partial charge in [-0.3, -0.25) is 0 Å². The van der Waals surface area contributed by atoms with E-state index >= 15 is 0 Å². The summed E-state index contributed by atoms with van der Waals surface area (Å²) in [4.78, 5) is 0. The Labute approximate surface area is 110 Å². The molecule has 0 saturated heterocycles. The van der Waals surface area contributed by atoms with Crippen molar-refractivity contribution >= 4 is 5.82 Å². The number of alkyl halides is 3. The molecule has 2 atom stereocenters. The van der Waals surface area contributed by atoms with Gasteiger partial charge in [-0.25, -0.2) is 0 Å². The lowest BCUT2D eigenvalue weighted by Crippen LogP contribution is -2.30. The van der Waals surface area contributed by atoms with E-state index in [0.29, 0.717) is 17.7 Å². The van der Waals surface area contributed by atoms with Crippen LogP contribution in [0.2, 0.25) is 0 Å². The minimum atomic E-state index is -4.43. The monoisotopic (exact) mass is 273 g/mol. The maximum Gasteiger partial charge on any atom is 0.435 e. The van der Waals surface area contributed by atoms with Crippen LogP contribution in [0.25, 0.3) is 0 Å². The van der Waals surface area contributed by atoms with E-state index in [1.165, 1.54) is 12.5 Å². The summed E-state index contributed by atoms with van der Waals surface area (Å²) in [6, 6.07) is 2.58. The molecule has 1 aliphatic carbocycles. The average Bonchev–Trinajstić information content (AvgIpc) is 2.26. The highest BCUT2D eigenvalue weighted by molar-refractivity contribution is 5.34. The third kappa shape index (κ3) is 3.81. The molecule has 1 aliphatic rings. The van der Waals surface area contributed by atoms with Crippen LogP contribution in [0.4, 0.5) is 19.0 Å². The van der Waals surface area contributed by atoms with Crippen molar-refractivity contribution in [3.8, 4) is 0 Å². The predicted molar refractivity (Wildman–Crippen MR) is 66.6 cm³/mol. The van der Waals surface area contributed by atoms with Crippen molar-refractivity contribution < 1.29 is 13.2 Å². The largest absolute Gasteiger partial charge is 0.435 e. The molecule has 2 rings (SSSR count). The van der Waals surface area contributed by atoms with E-state index in [1.807, 2.05) is 0 Å². The zero-order valence-electron chi connectivity index (χ0n) is 11.0. The van der Waals surface area contributed by atoms with E-state index < -0.39 is 11.9 Å². The Kier molecular flexibility index (Phi) is 3.96. The van der Waals surface area contributed by atoms with Crippen LogP contribution < -0.4 is 5.32 Å². The normalized spacial score (nSPS) is 28.2. The fourth-order valence-electron chi connectivity index (χ4n) is 2.83. The molecule has 19 heavy (non-hydrogen) atoms. The van der Waals surface area contributed by atoms with Gasteiger partial charge in [0.15, 0.2) is 5.69 Å². The first kappa shape index (κ1) is 14.1. The Morgan fingerprint density at radius 3 is 2.16 bits per heavy atom. The van der Waals surface area contributed by atoms with E-state index in [0.717, 1.165) is 18.9 Å². The van der Waals surface area contributed by atoms with Crippen molar-refractivity contribution in [2.45, 2.75) is 45.3 Å². The van der Waals surface area contributed by atoms with Gasteiger partial charge in [-0.2, -0.15) is 13.2 Å². The number of hydrogen-bond acceptors (Lipinski definition) is 3. The molecular weight excluding hydrogens is 255 g/mol. The summed E-state index contributed by atoms with van der Waals surface area (Å²) in [5.74, 6) is 1.67. The second-order valence-electron chi connectivity index (χ2n) is 5.56. The fourth-order valence-corrected chi connectivity index (χ4v) is 2.83. The van der Waals surface area contributed by atoms with Crippen LogP contribution in [0.5, 0.6) is 0 Å². The molecule has 1 N–H and O–H groups in total. The summed E-state index contributed by atoms with van der Waals surface area (Å²) in [5.41, 5.74) is -0.955. The Hall–Kier alpha value is -1.33. The molecule has 0 amide bonds. The summed E-state index contributed by atoms with van der Waals surface area (Å²) < 4.78 is 37.1. The number of halogens is 3. The minimum absolute atomic E-state index is 0.268. The molecule has 0 spiro atoms. The van der Waals surface area contributed by atoms with Crippen molar-refractivity contribution in [3.05, 3.63) is 17.8 Å². The molecule has 0 bridgehead atoms. The minimum Gasteiger partial charge on any atom is -0.366 e. The van der Waals surface area contributed by atoms with E-state index in [-0.39, 0.29) is 6.04 Å². The van der Waals surface area contributed by atoms with Gasteiger partial charge < -0.3 is 5.32 Å². The molecule has 0 aliphatic heterocycles. The van der Waals surface area contributed by atoms with Crippen LogP contribution in [0.3, 0.4) is 0 Å². The number of nitrogens with zero attached hydrogens (tertiary/aromatic N) is 2. The summed E-state index contributed by atoms with van der Waals surface area (Å²) in [6.07, 6.45) is -1.18. The maximum absolute atomic E-state index is 12.4. The summed E-state index contributed by atoms with van der Waals surface area (Å²) in [5, 5.41) is 10.0. The van der Waals surface area contributed by atoms with Crippen molar-refractivity contribution in [1.29, 1.82) is 0 Å². The lowest BCUT2D eigenvalue weighted by atomic mass is 9.80. The summed E-state index contributed by atoms with van der Waals surface area (Å²) in [7, 11) is 0. The van der Waals surface area contributed by atoms with E-state index in [4.69, 9.17) is 0 Å². The second-order valence-corrected chi connectivity index (χ2v) is 5.56. The van der Waals surface area contributed by atoms with Crippen molar-refractivity contribution in [2.75, 3.05) is 5.32 Å². The summed E-state index contributed by atoms with van der Waals surface area (Å²) in [6.45, 7) is 4.39. The zero-order chi connectivity index (χ0) is 14.0. The highest BCUT2D eigenvalue weighted by Crippen LogP contribution is 2.31. The summed E-state index contributed by atoms with van der Waals surface area (Å²) >= 11 is 0. The Bertz CT molecular complexity index is 406. The standard InChI is InChI=1S/C13H18F3N3/c1-8-5-9(2)7-10(6-8)17-12-4-3-11(18-19-12)13(14,15)16/h3-4,8-10H,5-7H2,1-2H3,(H,17,19). The van der Waals surface area contributed by atoms with Crippen LogP contribution in [-0.4, -0.2) is 16.2 Å². The third-order valence-corrected chi connectivity index (χ3v) is 3.49. The maximum atomic E-state index is 12.4. The SMILES string of the molecule is CC1CC(C)CC(Nc2ccc(C(F)(F)F)nn2)C1. The highest BCUT2D eigenvalue weighted by atomic mass is 19.4. The molecule has 106 valence electrons. The molecule has 2 unspecified atom stereocenters. The number of nitrogens with one attached hydrogen (secondary N) is 1. The Balaban J connectivity index is 1.99. The van der Waals surface area contributed by atoms with Gasteiger partial charge in [-0.05, 0) is 43.2 Å². The number of rotatable bonds is 2. The van der Waals surface area contributed by atoms with E-state index in [1.54, 1.807) is 0 Å². The first-order valence-corrected chi connectivity index (χ1v) is 6.52. The van der Waals surface area contributed by atoms with Crippen molar-refractivity contribution in [3.63, 3.8) is 0 Å². The van der Waals surface area contributed by atoms with Gasteiger partial charge in [0.05, 0.1) is 0 Å². The van der Waals surface area contributed by atoms with Gasteiger partial charge in [0.2, 0.25) is 0 Å². The Morgan fingerprint density at radius 1 is 1.05 bits per heavy atom. The quantitative estimate of drug-likeness (QED) is 0.892. The smallest absolute Gasteiger partial charge is 0.366 e.